The van der Waals surface area contributed by atoms with Crippen LogP contribution in [-0.4, -0.2) is 116 Å². The van der Waals surface area contributed by atoms with E-state index in [0.29, 0.717) is 58.2 Å². The Hall–Kier alpha value is -2.28. The van der Waals surface area contributed by atoms with Gasteiger partial charge in [0.1, 0.15) is 6.10 Å². The summed E-state index contributed by atoms with van der Waals surface area (Å²) in [5, 5.41) is 0. The average molecular weight is 584 g/mol. The Bertz CT molecular complexity index is 585. The average Bonchev–Trinajstić information content (AvgIpc) is 3.31. The van der Waals surface area contributed by atoms with Gasteiger partial charge in [-0.25, -0.2) is 0 Å². The summed E-state index contributed by atoms with van der Waals surface area (Å²) in [6.07, 6.45) is 2.81. The second-order valence-electron chi connectivity index (χ2n) is 7.88. The molecule has 1 saturated heterocycles. The van der Waals surface area contributed by atoms with Crippen LogP contribution < -0.4 is 0 Å². The van der Waals surface area contributed by atoms with Crippen LogP contribution in [0.25, 0.3) is 0 Å². The second-order valence-corrected chi connectivity index (χ2v) is 7.88. The number of methoxy groups -OCH3 is 3. The van der Waals surface area contributed by atoms with Gasteiger partial charge in [0.15, 0.2) is 0 Å². The quantitative estimate of drug-likeness (QED) is 0.169. The van der Waals surface area contributed by atoms with Crippen molar-refractivity contribution in [3.8, 4) is 0 Å². The van der Waals surface area contributed by atoms with Gasteiger partial charge in [-0.3, -0.25) is 19.2 Å². The lowest BCUT2D eigenvalue weighted by molar-refractivity contribution is -0.150. The Morgan fingerprint density at radius 2 is 1.38 bits per heavy atom. The number of ether oxygens (including phenoxy) is 7. The van der Waals surface area contributed by atoms with E-state index in [2.05, 4.69) is 14.2 Å². The topological polar surface area (TPSA) is 136 Å². The molecule has 0 saturated carbocycles. The fraction of sp³-hybridized carbons (Fsp3) is 0.857. The molecular weight excluding hydrogens is 526 g/mol. The lowest BCUT2D eigenvalue weighted by Gasteiger charge is -2.10. The molecule has 1 unspecified atom stereocenters. The number of hydrogen-bond acceptors (Lipinski definition) is 11. The molecule has 0 radical (unpaired) electrons. The molecule has 1 aliphatic heterocycles. The molecule has 0 aliphatic carbocycles. The Morgan fingerprint density at radius 3 is 1.70 bits per heavy atom. The normalized spacial score (nSPS) is 12.1. The van der Waals surface area contributed by atoms with E-state index >= 15 is 0 Å². The molecule has 1 aliphatic rings. The predicted octanol–water partition coefficient (Wildman–Crippen LogP) is 3.43. The minimum atomic E-state index is -0.230. The highest BCUT2D eigenvalue weighted by Crippen LogP contribution is 2.04. The molecule has 0 bridgehead atoms. The predicted molar refractivity (Wildman–Crippen MR) is 153 cm³/mol. The van der Waals surface area contributed by atoms with Gasteiger partial charge in [0.05, 0.1) is 46.4 Å². The van der Waals surface area contributed by atoms with Crippen molar-refractivity contribution < 1.29 is 52.3 Å². The number of rotatable bonds is 14. The molecule has 1 atom stereocenters. The van der Waals surface area contributed by atoms with E-state index in [9.17, 15) is 19.2 Å². The zero-order chi connectivity index (χ0) is 31.6. The zero-order valence-corrected chi connectivity index (χ0v) is 26.7. The van der Waals surface area contributed by atoms with Gasteiger partial charge in [0.2, 0.25) is 5.91 Å². The van der Waals surface area contributed by atoms with Gasteiger partial charge in [-0.15, -0.1) is 0 Å². The number of nitrogens with zero attached hydrogens (tertiary/aromatic N) is 1. The van der Waals surface area contributed by atoms with Gasteiger partial charge in [-0.05, 0) is 41.0 Å². The van der Waals surface area contributed by atoms with E-state index in [4.69, 9.17) is 18.9 Å². The van der Waals surface area contributed by atoms with E-state index in [1.165, 1.54) is 7.11 Å². The van der Waals surface area contributed by atoms with Gasteiger partial charge in [-0.1, -0.05) is 6.92 Å². The van der Waals surface area contributed by atoms with Crippen LogP contribution in [0.5, 0.6) is 0 Å². The van der Waals surface area contributed by atoms with Crippen LogP contribution in [0.3, 0.4) is 0 Å². The van der Waals surface area contributed by atoms with Gasteiger partial charge in [-0.2, -0.15) is 0 Å². The lowest BCUT2D eigenvalue weighted by atomic mass is 10.4. The van der Waals surface area contributed by atoms with Crippen molar-refractivity contribution in [1.82, 2.24) is 4.90 Å². The standard InChI is InChI=1S/2C7H14O3.C5H9NO.C5H10O3.C4H10O/c1-4-7(8)10-6(2)5-9-3;1-3-9-6-5-7(8)10-4-2;1-6-4-2-3-5(6)7;1-7-4-3-5(6)8-2;1-3-5-4-2/h6H,4-5H2,1-3H3;3-6H2,1-2H3;2-4H2,1H3;3-4H2,1-2H3;3-4H2,1-2H3. The number of hydrogen-bond donors (Lipinski definition) is 0. The van der Waals surface area contributed by atoms with Crippen molar-refractivity contribution in [2.24, 2.45) is 0 Å². The van der Waals surface area contributed by atoms with Gasteiger partial charge in [0.25, 0.3) is 0 Å². The van der Waals surface area contributed by atoms with Crippen molar-refractivity contribution in [2.45, 2.75) is 79.8 Å². The molecule has 0 N–H and O–H groups in total. The SMILES string of the molecule is CCC(=O)OC(C)COC.CCOCC.CCOCCC(=O)OCC.CN1CCCC1=O.COCCC(=O)OC. The Morgan fingerprint density at radius 1 is 0.800 bits per heavy atom. The first-order chi connectivity index (χ1) is 19.0. The maximum absolute atomic E-state index is 10.6. The summed E-state index contributed by atoms with van der Waals surface area (Å²) in [4.78, 5) is 43.8. The number of esters is 3. The van der Waals surface area contributed by atoms with Crippen molar-refractivity contribution in [3.05, 3.63) is 0 Å². The number of carbonyl (C=O) groups excluding carboxylic acids is 4. The van der Waals surface area contributed by atoms with E-state index in [0.717, 1.165) is 32.6 Å². The lowest BCUT2D eigenvalue weighted by Crippen LogP contribution is -2.18. The molecule has 1 amide bonds. The summed E-state index contributed by atoms with van der Waals surface area (Å²) in [7, 11) is 6.33. The fourth-order valence-corrected chi connectivity index (χ4v) is 2.38. The van der Waals surface area contributed by atoms with Crippen molar-refractivity contribution in [1.29, 1.82) is 0 Å². The van der Waals surface area contributed by atoms with Crippen LogP contribution in [0.1, 0.15) is 73.6 Å². The Kier molecular flexibility index (Phi) is 41.1. The first kappa shape index (κ1) is 44.7. The third-order valence-electron chi connectivity index (χ3n) is 4.44. The first-order valence-electron chi connectivity index (χ1n) is 13.8. The Balaban J connectivity index is -0.000000206. The van der Waals surface area contributed by atoms with Crippen LogP contribution >= 0.6 is 0 Å². The van der Waals surface area contributed by atoms with Crippen LogP contribution in [0.4, 0.5) is 0 Å². The molecule has 240 valence electrons. The molecule has 1 heterocycles. The molecule has 0 aromatic carbocycles. The van der Waals surface area contributed by atoms with Crippen molar-refractivity contribution in [2.75, 3.05) is 81.2 Å². The summed E-state index contributed by atoms with van der Waals surface area (Å²) >= 11 is 0. The smallest absolute Gasteiger partial charge is 0.308 e. The Labute approximate surface area is 242 Å². The molecule has 12 nitrogen and oxygen atoms in total. The van der Waals surface area contributed by atoms with E-state index in [1.54, 1.807) is 39.9 Å². The largest absolute Gasteiger partial charge is 0.469 e. The monoisotopic (exact) mass is 583 g/mol. The highest BCUT2D eigenvalue weighted by molar-refractivity contribution is 5.77. The maximum atomic E-state index is 10.6. The zero-order valence-electron chi connectivity index (χ0n) is 26.7. The number of amides is 1. The van der Waals surface area contributed by atoms with Gasteiger partial charge >= 0.3 is 17.9 Å². The highest BCUT2D eigenvalue weighted by Gasteiger charge is 2.14. The second kappa shape index (κ2) is 36.7. The minimum absolute atomic E-state index is 0.127. The van der Waals surface area contributed by atoms with E-state index < -0.39 is 0 Å². The van der Waals surface area contributed by atoms with Crippen molar-refractivity contribution >= 4 is 23.8 Å². The maximum Gasteiger partial charge on any atom is 0.308 e. The van der Waals surface area contributed by atoms with E-state index in [1.807, 2.05) is 27.8 Å². The van der Waals surface area contributed by atoms with Crippen molar-refractivity contribution in [3.63, 3.8) is 0 Å². The van der Waals surface area contributed by atoms with Crippen LogP contribution in [-0.2, 0) is 52.3 Å². The summed E-state index contributed by atoms with van der Waals surface area (Å²) < 4.78 is 33.0. The summed E-state index contributed by atoms with van der Waals surface area (Å²) in [5.74, 6) is -0.299. The molecule has 0 aromatic rings. The molecule has 40 heavy (non-hydrogen) atoms. The fourth-order valence-electron chi connectivity index (χ4n) is 2.38. The molecule has 0 spiro atoms. The molecule has 0 aromatic heterocycles. The van der Waals surface area contributed by atoms with E-state index in [-0.39, 0.29) is 24.0 Å². The third-order valence-corrected chi connectivity index (χ3v) is 4.44. The third kappa shape index (κ3) is 40.2. The van der Waals surface area contributed by atoms with Gasteiger partial charge in [0, 0.05) is 60.5 Å². The minimum Gasteiger partial charge on any atom is -0.469 e. The summed E-state index contributed by atoms with van der Waals surface area (Å²) in [5.41, 5.74) is 0. The van der Waals surface area contributed by atoms with Gasteiger partial charge < -0.3 is 38.1 Å². The molecule has 1 fully saturated rings. The molecular formula is C28H57NO11. The number of carbonyl (C=O) groups is 4. The molecule has 1 rings (SSSR count). The van der Waals surface area contributed by atoms with Crippen LogP contribution in [0.2, 0.25) is 0 Å². The first-order valence-corrected chi connectivity index (χ1v) is 13.8. The molecule has 12 heteroatoms. The van der Waals surface area contributed by atoms with Crippen LogP contribution in [0.15, 0.2) is 0 Å². The van der Waals surface area contributed by atoms with Crippen LogP contribution in [0, 0.1) is 0 Å². The summed E-state index contributed by atoms with van der Waals surface area (Å²) in [6, 6.07) is 0. The summed E-state index contributed by atoms with van der Waals surface area (Å²) in [6.45, 7) is 16.3. The number of likely N-dealkylation sites (tertiary alicyclic amines) is 1. The highest BCUT2D eigenvalue weighted by atomic mass is 16.6.